The molecule has 1 aromatic carbocycles. The molecule has 1 saturated heterocycles. The molecule has 1 heterocycles. The van der Waals surface area contributed by atoms with Gasteiger partial charge in [0.15, 0.2) is 0 Å². The second-order valence-corrected chi connectivity index (χ2v) is 7.03. The molecule has 0 saturated carbocycles. The molecule has 1 N–H and O–H groups in total. The SMILES string of the molecule is CC(=O)N(CCC(=O)Nc1ccc(C(C)C)cc1)CCN1CCOCC1. The number of morpholine rings is 1. The summed E-state index contributed by atoms with van der Waals surface area (Å²) in [5.74, 6) is 0.405. The highest BCUT2D eigenvalue weighted by atomic mass is 16.5. The summed E-state index contributed by atoms with van der Waals surface area (Å²) in [6.07, 6.45) is 0.300. The highest BCUT2D eigenvalue weighted by Crippen LogP contribution is 2.17. The third-order valence-corrected chi connectivity index (χ3v) is 4.71. The topological polar surface area (TPSA) is 61.9 Å². The summed E-state index contributed by atoms with van der Waals surface area (Å²) >= 11 is 0. The molecule has 0 atom stereocenters. The van der Waals surface area contributed by atoms with Crippen LogP contribution >= 0.6 is 0 Å². The zero-order valence-corrected chi connectivity index (χ0v) is 16.2. The van der Waals surface area contributed by atoms with Gasteiger partial charge in [-0.2, -0.15) is 0 Å². The minimum Gasteiger partial charge on any atom is -0.379 e. The Hall–Kier alpha value is -1.92. The van der Waals surface area contributed by atoms with E-state index < -0.39 is 0 Å². The molecule has 6 nitrogen and oxygen atoms in total. The van der Waals surface area contributed by atoms with Crippen LogP contribution in [0, 0.1) is 0 Å². The van der Waals surface area contributed by atoms with E-state index in [0.29, 0.717) is 25.4 Å². The first kappa shape index (κ1) is 20.4. The number of ether oxygens (including phenoxy) is 1. The molecule has 144 valence electrons. The van der Waals surface area contributed by atoms with Gasteiger partial charge in [0.2, 0.25) is 11.8 Å². The maximum Gasteiger partial charge on any atom is 0.226 e. The van der Waals surface area contributed by atoms with Crippen LogP contribution in [0.2, 0.25) is 0 Å². The Morgan fingerprint density at radius 1 is 1.15 bits per heavy atom. The van der Waals surface area contributed by atoms with Crippen molar-refractivity contribution in [1.82, 2.24) is 9.80 Å². The number of nitrogens with one attached hydrogen (secondary N) is 1. The van der Waals surface area contributed by atoms with E-state index in [2.05, 4.69) is 24.1 Å². The Kier molecular flexibility index (Phi) is 8.06. The van der Waals surface area contributed by atoms with Crippen molar-refractivity contribution in [2.24, 2.45) is 0 Å². The van der Waals surface area contributed by atoms with Crippen molar-refractivity contribution >= 4 is 17.5 Å². The lowest BCUT2D eigenvalue weighted by Crippen LogP contribution is -2.43. The molecule has 0 bridgehead atoms. The van der Waals surface area contributed by atoms with E-state index >= 15 is 0 Å². The van der Waals surface area contributed by atoms with Gasteiger partial charge in [0.25, 0.3) is 0 Å². The predicted molar refractivity (Wildman–Crippen MR) is 103 cm³/mol. The lowest BCUT2D eigenvalue weighted by molar-refractivity contribution is -0.129. The zero-order chi connectivity index (χ0) is 18.9. The normalized spacial score (nSPS) is 15.1. The Labute approximate surface area is 156 Å². The molecule has 1 fully saturated rings. The monoisotopic (exact) mass is 361 g/mol. The van der Waals surface area contributed by atoms with Crippen molar-refractivity contribution in [3.05, 3.63) is 29.8 Å². The van der Waals surface area contributed by atoms with E-state index in [9.17, 15) is 9.59 Å². The number of hydrogen-bond donors (Lipinski definition) is 1. The molecule has 2 rings (SSSR count). The fourth-order valence-corrected chi connectivity index (χ4v) is 2.92. The smallest absolute Gasteiger partial charge is 0.226 e. The zero-order valence-electron chi connectivity index (χ0n) is 16.2. The number of nitrogens with zero attached hydrogens (tertiary/aromatic N) is 2. The number of anilines is 1. The minimum absolute atomic E-state index is 0.00680. The molecule has 1 aliphatic heterocycles. The average molecular weight is 361 g/mol. The molecule has 0 radical (unpaired) electrons. The number of hydrogen-bond acceptors (Lipinski definition) is 4. The van der Waals surface area contributed by atoms with Crippen LogP contribution in [-0.2, 0) is 14.3 Å². The Morgan fingerprint density at radius 2 is 1.81 bits per heavy atom. The molecular formula is C20H31N3O3. The summed E-state index contributed by atoms with van der Waals surface area (Å²) in [4.78, 5) is 28.1. The van der Waals surface area contributed by atoms with Gasteiger partial charge in [-0.15, -0.1) is 0 Å². The van der Waals surface area contributed by atoms with E-state index in [1.807, 2.05) is 24.3 Å². The second-order valence-electron chi connectivity index (χ2n) is 7.03. The van der Waals surface area contributed by atoms with Crippen molar-refractivity contribution in [2.45, 2.75) is 33.1 Å². The lowest BCUT2D eigenvalue weighted by Gasteiger charge is -2.29. The molecule has 0 aromatic heterocycles. The first-order valence-electron chi connectivity index (χ1n) is 9.41. The maximum absolute atomic E-state index is 12.2. The molecule has 1 aromatic rings. The molecular weight excluding hydrogens is 330 g/mol. The van der Waals surface area contributed by atoms with Crippen LogP contribution in [0.4, 0.5) is 5.69 Å². The number of carbonyl (C=O) groups excluding carboxylic acids is 2. The Balaban J connectivity index is 1.76. The summed E-state index contributed by atoms with van der Waals surface area (Å²) in [5.41, 5.74) is 2.04. The third kappa shape index (κ3) is 6.77. The average Bonchev–Trinajstić information content (AvgIpc) is 2.62. The van der Waals surface area contributed by atoms with Crippen LogP contribution in [0.5, 0.6) is 0 Å². The number of benzene rings is 1. The first-order valence-corrected chi connectivity index (χ1v) is 9.41. The largest absolute Gasteiger partial charge is 0.379 e. The third-order valence-electron chi connectivity index (χ3n) is 4.71. The molecule has 26 heavy (non-hydrogen) atoms. The number of amides is 2. The van der Waals surface area contributed by atoms with Crippen LogP contribution in [0.3, 0.4) is 0 Å². The van der Waals surface area contributed by atoms with Crippen LogP contribution in [0.1, 0.15) is 38.7 Å². The van der Waals surface area contributed by atoms with Gasteiger partial charge in [0, 0.05) is 51.8 Å². The highest BCUT2D eigenvalue weighted by molar-refractivity contribution is 5.91. The molecule has 6 heteroatoms. The quantitative estimate of drug-likeness (QED) is 0.772. The number of rotatable bonds is 8. The fourth-order valence-electron chi connectivity index (χ4n) is 2.92. The molecule has 0 unspecified atom stereocenters. The van der Waals surface area contributed by atoms with Crippen molar-refractivity contribution in [3.63, 3.8) is 0 Å². The second kappa shape index (κ2) is 10.3. The highest BCUT2D eigenvalue weighted by Gasteiger charge is 2.15. The van der Waals surface area contributed by atoms with Crippen LogP contribution in [-0.4, -0.2) is 67.6 Å². The van der Waals surface area contributed by atoms with Gasteiger partial charge < -0.3 is 15.0 Å². The first-order chi connectivity index (χ1) is 12.5. The van der Waals surface area contributed by atoms with Gasteiger partial charge in [0.1, 0.15) is 0 Å². The molecule has 2 amide bonds. The summed E-state index contributed by atoms with van der Waals surface area (Å²) in [6, 6.07) is 7.91. The van der Waals surface area contributed by atoms with Crippen molar-refractivity contribution < 1.29 is 14.3 Å². The Morgan fingerprint density at radius 3 is 2.38 bits per heavy atom. The maximum atomic E-state index is 12.2. The van der Waals surface area contributed by atoms with E-state index in [-0.39, 0.29) is 11.8 Å². The van der Waals surface area contributed by atoms with Gasteiger partial charge in [0.05, 0.1) is 13.2 Å². The van der Waals surface area contributed by atoms with E-state index in [4.69, 9.17) is 4.74 Å². The standard InChI is InChI=1S/C20H31N3O3/c1-16(2)18-4-6-19(7-5-18)21-20(25)8-9-23(17(3)24)11-10-22-12-14-26-15-13-22/h4-7,16H,8-15H2,1-3H3,(H,21,25). The minimum atomic E-state index is -0.0695. The summed E-state index contributed by atoms with van der Waals surface area (Å²) in [5, 5.41) is 2.90. The van der Waals surface area contributed by atoms with Gasteiger partial charge in [-0.25, -0.2) is 0 Å². The van der Waals surface area contributed by atoms with Gasteiger partial charge in [-0.3, -0.25) is 14.5 Å². The molecule has 0 spiro atoms. The van der Waals surface area contributed by atoms with Gasteiger partial charge in [-0.05, 0) is 23.6 Å². The van der Waals surface area contributed by atoms with E-state index in [1.165, 1.54) is 5.56 Å². The fraction of sp³-hybridized carbons (Fsp3) is 0.600. The van der Waals surface area contributed by atoms with Crippen LogP contribution in [0.15, 0.2) is 24.3 Å². The van der Waals surface area contributed by atoms with Crippen LogP contribution in [0.25, 0.3) is 0 Å². The van der Waals surface area contributed by atoms with E-state index in [0.717, 1.165) is 38.5 Å². The van der Waals surface area contributed by atoms with Crippen LogP contribution < -0.4 is 5.32 Å². The van der Waals surface area contributed by atoms with Gasteiger partial charge >= 0.3 is 0 Å². The van der Waals surface area contributed by atoms with E-state index in [1.54, 1.807) is 11.8 Å². The summed E-state index contributed by atoms with van der Waals surface area (Å²) < 4.78 is 5.33. The van der Waals surface area contributed by atoms with Crippen molar-refractivity contribution in [3.8, 4) is 0 Å². The summed E-state index contributed by atoms with van der Waals surface area (Å²) in [6.45, 7) is 11.0. The molecule has 0 aliphatic carbocycles. The molecule has 1 aliphatic rings. The van der Waals surface area contributed by atoms with Crippen molar-refractivity contribution in [1.29, 1.82) is 0 Å². The predicted octanol–water partition coefficient (Wildman–Crippen LogP) is 2.32. The summed E-state index contributed by atoms with van der Waals surface area (Å²) in [7, 11) is 0. The Bertz CT molecular complexity index is 580. The lowest BCUT2D eigenvalue weighted by atomic mass is 10.0. The van der Waals surface area contributed by atoms with Crippen molar-refractivity contribution in [2.75, 3.05) is 51.3 Å². The van der Waals surface area contributed by atoms with Gasteiger partial charge in [-0.1, -0.05) is 26.0 Å². The number of carbonyl (C=O) groups is 2.